The van der Waals surface area contributed by atoms with E-state index in [2.05, 4.69) is 32.0 Å². The quantitative estimate of drug-likeness (QED) is 0.528. The Balaban J connectivity index is 1.62. The summed E-state index contributed by atoms with van der Waals surface area (Å²) in [5.41, 5.74) is 2.26. The zero-order valence-electron chi connectivity index (χ0n) is 15.0. The van der Waals surface area contributed by atoms with Crippen LogP contribution in [0.3, 0.4) is 0 Å². The van der Waals surface area contributed by atoms with Crippen molar-refractivity contribution in [3.05, 3.63) is 58.6 Å². The molecule has 0 bridgehead atoms. The Morgan fingerprint density at radius 1 is 1.18 bits per heavy atom. The van der Waals surface area contributed by atoms with Crippen LogP contribution >= 0.6 is 15.9 Å². The maximum Gasteiger partial charge on any atom is 0.344 e. The van der Waals surface area contributed by atoms with Gasteiger partial charge >= 0.3 is 12.1 Å². The van der Waals surface area contributed by atoms with E-state index in [9.17, 15) is 19.5 Å². The number of hydrazine groups is 1. The van der Waals surface area contributed by atoms with E-state index in [1.165, 1.54) is 0 Å². The van der Waals surface area contributed by atoms with Gasteiger partial charge in [0.25, 0.3) is 5.91 Å². The number of nitrogens with zero attached hydrogens (tertiary/aromatic N) is 1. The number of aryl methyl sites for hydroxylation is 1. The van der Waals surface area contributed by atoms with Crippen molar-refractivity contribution in [2.45, 2.75) is 25.3 Å². The van der Waals surface area contributed by atoms with Crippen molar-refractivity contribution in [2.75, 3.05) is 5.32 Å². The lowest BCUT2D eigenvalue weighted by Crippen LogP contribution is -2.50. The van der Waals surface area contributed by atoms with Crippen LogP contribution in [-0.4, -0.2) is 33.6 Å². The number of aromatic hydroxyl groups is 1. The first kappa shape index (κ1) is 19.7. The maximum absolute atomic E-state index is 12.7. The van der Waals surface area contributed by atoms with Crippen molar-refractivity contribution >= 4 is 39.6 Å². The first-order valence-electron chi connectivity index (χ1n) is 8.55. The first-order chi connectivity index (χ1) is 13.3. The molecule has 146 valence electrons. The van der Waals surface area contributed by atoms with Crippen molar-refractivity contribution in [2.24, 2.45) is 0 Å². The normalized spacial score (nSPS) is 18.7. The monoisotopic (exact) mass is 446 g/mol. The second-order valence-electron chi connectivity index (χ2n) is 6.60. The molecular formula is C19H19BrN4O4. The molecule has 1 aliphatic heterocycles. The van der Waals surface area contributed by atoms with Crippen LogP contribution in [0.15, 0.2) is 53.0 Å². The Morgan fingerprint density at radius 2 is 1.86 bits per heavy atom. The molecule has 5 amide bonds. The molecule has 0 spiro atoms. The summed E-state index contributed by atoms with van der Waals surface area (Å²) in [6.45, 7) is 1.58. The highest BCUT2D eigenvalue weighted by atomic mass is 79.9. The van der Waals surface area contributed by atoms with Gasteiger partial charge in [-0.1, -0.05) is 34.1 Å². The number of amides is 5. The number of hydrogen-bond donors (Lipinski definition) is 4. The predicted molar refractivity (Wildman–Crippen MR) is 107 cm³/mol. The summed E-state index contributed by atoms with van der Waals surface area (Å²) >= 11 is 3.30. The van der Waals surface area contributed by atoms with Crippen molar-refractivity contribution in [1.82, 2.24) is 15.8 Å². The standard InChI is InChI=1S/C19H19BrN4O4/c1-19(11-10-12-4-2-3-5-15(12)25)16(26)24(18(28)22-19)23-17(27)21-14-8-6-13(20)7-9-14/h2-9,25H,10-11H2,1H3,(H,22,28)(H2,21,23,27). The Hall–Kier alpha value is -3.07. The molecule has 1 atom stereocenters. The van der Waals surface area contributed by atoms with Crippen LogP contribution in [0.2, 0.25) is 0 Å². The lowest BCUT2D eigenvalue weighted by atomic mass is 9.93. The number of nitrogens with one attached hydrogen (secondary N) is 3. The summed E-state index contributed by atoms with van der Waals surface area (Å²) in [6, 6.07) is 12.2. The molecule has 0 saturated carbocycles. The van der Waals surface area contributed by atoms with Gasteiger partial charge in [0.05, 0.1) is 0 Å². The Kier molecular flexibility index (Phi) is 5.55. The number of anilines is 1. The van der Waals surface area contributed by atoms with Crippen LogP contribution in [0.4, 0.5) is 15.3 Å². The van der Waals surface area contributed by atoms with Crippen molar-refractivity contribution in [1.29, 1.82) is 0 Å². The van der Waals surface area contributed by atoms with E-state index in [0.29, 0.717) is 22.7 Å². The van der Waals surface area contributed by atoms with Gasteiger partial charge in [0.2, 0.25) is 0 Å². The third kappa shape index (κ3) is 4.25. The van der Waals surface area contributed by atoms with Gasteiger partial charge in [0.15, 0.2) is 0 Å². The average molecular weight is 447 g/mol. The molecule has 4 N–H and O–H groups in total. The van der Waals surface area contributed by atoms with Crippen molar-refractivity contribution < 1.29 is 19.5 Å². The molecule has 2 aromatic carbocycles. The summed E-state index contributed by atoms with van der Waals surface area (Å²) in [5, 5.41) is 15.7. The van der Waals surface area contributed by atoms with E-state index < -0.39 is 23.5 Å². The van der Waals surface area contributed by atoms with Crippen LogP contribution in [0.1, 0.15) is 18.9 Å². The second-order valence-corrected chi connectivity index (χ2v) is 7.52. The lowest BCUT2D eigenvalue weighted by Gasteiger charge is -2.21. The number of phenolic OH excluding ortho intramolecular Hbond substituents is 1. The van der Waals surface area contributed by atoms with Crippen molar-refractivity contribution in [3.8, 4) is 5.75 Å². The van der Waals surface area contributed by atoms with E-state index in [1.54, 1.807) is 55.5 Å². The lowest BCUT2D eigenvalue weighted by molar-refractivity contribution is -0.132. The van der Waals surface area contributed by atoms with Crippen molar-refractivity contribution in [3.63, 3.8) is 0 Å². The van der Waals surface area contributed by atoms with Crippen LogP contribution in [-0.2, 0) is 11.2 Å². The third-order valence-corrected chi connectivity index (χ3v) is 4.99. The molecule has 8 nitrogen and oxygen atoms in total. The molecule has 0 aromatic heterocycles. The minimum absolute atomic E-state index is 0.131. The van der Waals surface area contributed by atoms with Gasteiger partial charge in [0.1, 0.15) is 11.3 Å². The largest absolute Gasteiger partial charge is 0.508 e. The van der Waals surface area contributed by atoms with Gasteiger partial charge < -0.3 is 15.7 Å². The van der Waals surface area contributed by atoms with E-state index in [4.69, 9.17) is 0 Å². The fourth-order valence-electron chi connectivity index (χ4n) is 2.86. The number of urea groups is 2. The van der Waals surface area contributed by atoms with Gasteiger partial charge in [-0.3, -0.25) is 4.79 Å². The minimum Gasteiger partial charge on any atom is -0.508 e. The number of halogens is 1. The van der Waals surface area contributed by atoms with Crippen LogP contribution in [0.5, 0.6) is 5.75 Å². The summed E-state index contributed by atoms with van der Waals surface area (Å²) in [5.74, 6) is -0.439. The molecule has 1 fully saturated rings. The molecule has 1 aliphatic rings. The molecule has 1 heterocycles. The fraction of sp³-hybridized carbons (Fsp3) is 0.211. The molecule has 1 unspecified atom stereocenters. The maximum atomic E-state index is 12.7. The SMILES string of the molecule is CC1(CCc2ccccc2O)NC(=O)N(NC(=O)Nc2ccc(Br)cc2)C1=O. The van der Waals surface area contributed by atoms with Crippen LogP contribution in [0, 0.1) is 0 Å². The number of carbonyl (C=O) groups is 3. The summed E-state index contributed by atoms with van der Waals surface area (Å²) in [4.78, 5) is 37.1. The summed E-state index contributed by atoms with van der Waals surface area (Å²) in [6.07, 6.45) is 0.649. The first-order valence-corrected chi connectivity index (χ1v) is 9.34. The van der Waals surface area contributed by atoms with E-state index in [0.717, 1.165) is 4.47 Å². The van der Waals surface area contributed by atoms with Crippen LogP contribution in [0.25, 0.3) is 0 Å². The summed E-state index contributed by atoms with van der Waals surface area (Å²) in [7, 11) is 0. The van der Waals surface area contributed by atoms with Gasteiger partial charge in [-0.25, -0.2) is 15.0 Å². The average Bonchev–Trinajstić information content (AvgIpc) is 2.86. The molecule has 3 rings (SSSR count). The van der Waals surface area contributed by atoms with Gasteiger partial charge in [-0.2, -0.15) is 5.01 Å². The molecule has 0 aliphatic carbocycles. The molecule has 1 saturated heterocycles. The minimum atomic E-state index is -1.19. The Morgan fingerprint density at radius 3 is 2.54 bits per heavy atom. The highest BCUT2D eigenvalue weighted by Crippen LogP contribution is 2.25. The fourth-order valence-corrected chi connectivity index (χ4v) is 3.12. The van der Waals surface area contributed by atoms with Gasteiger partial charge in [0, 0.05) is 10.2 Å². The van der Waals surface area contributed by atoms with E-state index in [-0.39, 0.29) is 12.2 Å². The predicted octanol–water partition coefficient (Wildman–Crippen LogP) is 3.13. The van der Waals surface area contributed by atoms with E-state index in [1.807, 2.05) is 0 Å². The highest BCUT2D eigenvalue weighted by Gasteiger charge is 2.48. The smallest absolute Gasteiger partial charge is 0.344 e. The summed E-state index contributed by atoms with van der Waals surface area (Å²) < 4.78 is 0.854. The number of carbonyl (C=O) groups excluding carboxylic acids is 3. The zero-order valence-corrected chi connectivity index (χ0v) is 16.6. The Labute approximate surface area is 170 Å². The number of rotatable bonds is 5. The second kappa shape index (κ2) is 7.89. The molecule has 2 aromatic rings. The van der Waals surface area contributed by atoms with Gasteiger partial charge in [-0.15, -0.1) is 0 Å². The topological polar surface area (TPSA) is 111 Å². The molecule has 0 radical (unpaired) electrons. The molecule has 28 heavy (non-hydrogen) atoms. The highest BCUT2D eigenvalue weighted by molar-refractivity contribution is 9.10. The number of para-hydroxylation sites is 1. The number of benzene rings is 2. The molecular weight excluding hydrogens is 428 g/mol. The number of phenols is 1. The van der Waals surface area contributed by atoms with Gasteiger partial charge in [-0.05, 0) is 55.7 Å². The van der Waals surface area contributed by atoms with E-state index >= 15 is 0 Å². The zero-order chi connectivity index (χ0) is 20.3. The third-order valence-electron chi connectivity index (χ3n) is 4.46. The number of hydrogen-bond acceptors (Lipinski definition) is 4. The number of imide groups is 1. The Bertz CT molecular complexity index is 918. The van der Waals surface area contributed by atoms with Crippen LogP contribution < -0.4 is 16.1 Å². The molecule has 9 heteroatoms.